The van der Waals surface area contributed by atoms with Crippen LogP contribution in [0.4, 0.5) is 17.6 Å². The molecule has 2 nitrogen and oxygen atoms in total. The van der Waals surface area contributed by atoms with Crippen molar-refractivity contribution in [2.45, 2.75) is 13.1 Å². The summed E-state index contributed by atoms with van der Waals surface area (Å²) in [4.78, 5) is 3.76. The van der Waals surface area contributed by atoms with Crippen molar-refractivity contribution in [3.63, 3.8) is 0 Å². The molecule has 6 heteroatoms. The molecular formula is C17H10F4N2. The minimum atomic E-state index is -4.59. The lowest BCUT2D eigenvalue weighted by molar-refractivity contribution is -0.139. The quantitative estimate of drug-likeness (QED) is 0.412. The van der Waals surface area contributed by atoms with Crippen molar-refractivity contribution >= 4 is 27.5 Å². The molecule has 0 radical (unpaired) electrons. The van der Waals surface area contributed by atoms with Crippen molar-refractivity contribution < 1.29 is 17.6 Å². The summed E-state index contributed by atoms with van der Waals surface area (Å²) in [6.45, 7) is 1.62. The zero-order valence-electron chi connectivity index (χ0n) is 11.9. The Balaban J connectivity index is 2.38. The van der Waals surface area contributed by atoms with Gasteiger partial charge in [-0.15, -0.1) is 0 Å². The Morgan fingerprint density at radius 3 is 2.48 bits per heavy atom. The molecule has 0 saturated carbocycles. The van der Waals surface area contributed by atoms with Crippen molar-refractivity contribution in [3.05, 3.63) is 59.5 Å². The maximum atomic E-state index is 13.6. The van der Waals surface area contributed by atoms with Gasteiger partial charge in [0, 0.05) is 11.5 Å². The Morgan fingerprint density at radius 1 is 1.00 bits per heavy atom. The van der Waals surface area contributed by atoms with Gasteiger partial charge in [-0.3, -0.25) is 0 Å². The van der Waals surface area contributed by atoms with Gasteiger partial charge in [-0.2, -0.15) is 13.2 Å². The number of hydrogen-bond donors (Lipinski definition) is 0. The van der Waals surface area contributed by atoms with E-state index in [1.807, 2.05) is 0 Å². The third-order valence-electron chi connectivity index (χ3n) is 4.03. The Kier molecular flexibility index (Phi) is 2.70. The van der Waals surface area contributed by atoms with Gasteiger partial charge in [0.25, 0.3) is 0 Å². The van der Waals surface area contributed by atoms with Crippen molar-refractivity contribution in [1.82, 2.24) is 9.38 Å². The van der Waals surface area contributed by atoms with E-state index in [1.54, 1.807) is 31.2 Å². The smallest absolute Gasteiger partial charge is 0.305 e. The van der Waals surface area contributed by atoms with Gasteiger partial charge < -0.3 is 4.40 Å². The SMILES string of the molecule is Cc1c2ccccc2n2c1c(C(F)(F)F)nc1ccc(F)cc12. The number of rotatable bonds is 0. The second-order valence-corrected chi connectivity index (χ2v) is 5.42. The average Bonchev–Trinajstić information content (AvgIpc) is 2.80. The normalized spacial score (nSPS) is 12.6. The van der Waals surface area contributed by atoms with E-state index in [1.165, 1.54) is 16.5 Å². The van der Waals surface area contributed by atoms with Crippen LogP contribution in [0, 0.1) is 12.7 Å². The molecule has 0 aliphatic rings. The molecule has 2 heterocycles. The molecule has 0 unspecified atom stereocenters. The number of alkyl halides is 3. The van der Waals surface area contributed by atoms with Gasteiger partial charge in [0.15, 0.2) is 5.69 Å². The summed E-state index contributed by atoms with van der Waals surface area (Å²) in [5.74, 6) is -0.518. The lowest BCUT2D eigenvalue weighted by Crippen LogP contribution is -2.11. The van der Waals surface area contributed by atoms with E-state index in [-0.39, 0.29) is 11.0 Å². The fourth-order valence-corrected chi connectivity index (χ4v) is 3.08. The van der Waals surface area contributed by atoms with Gasteiger partial charge in [0.1, 0.15) is 5.82 Å². The van der Waals surface area contributed by atoms with Gasteiger partial charge in [-0.25, -0.2) is 9.37 Å². The molecule has 0 spiro atoms. The predicted molar refractivity (Wildman–Crippen MR) is 79.9 cm³/mol. The molecule has 4 aromatic rings. The van der Waals surface area contributed by atoms with Gasteiger partial charge >= 0.3 is 6.18 Å². The number of halogens is 4. The number of fused-ring (bicyclic) bond motifs is 5. The molecule has 0 saturated heterocycles. The fourth-order valence-electron chi connectivity index (χ4n) is 3.08. The Labute approximate surface area is 128 Å². The highest BCUT2D eigenvalue weighted by atomic mass is 19.4. The molecule has 0 aliphatic carbocycles. The first kappa shape index (κ1) is 14.0. The van der Waals surface area contributed by atoms with Gasteiger partial charge in [0.2, 0.25) is 0 Å². The molecule has 4 rings (SSSR count). The second-order valence-electron chi connectivity index (χ2n) is 5.42. The van der Waals surface area contributed by atoms with E-state index >= 15 is 0 Å². The van der Waals surface area contributed by atoms with Crippen molar-refractivity contribution in [1.29, 1.82) is 0 Å². The summed E-state index contributed by atoms with van der Waals surface area (Å²) in [6, 6.07) is 10.6. The predicted octanol–water partition coefficient (Wildman–Crippen LogP) is 5.11. The first-order chi connectivity index (χ1) is 10.9. The summed E-state index contributed by atoms with van der Waals surface area (Å²) in [6.07, 6.45) is -4.59. The second kappa shape index (κ2) is 4.44. The van der Waals surface area contributed by atoms with Crippen molar-refractivity contribution in [3.8, 4) is 0 Å². The minimum absolute atomic E-state index is 0.0307. The lowest BCUT2D eigenvalue weighted by atomic mass is 10.1. The van der Waals surface area contributed by atoms with Crippen LogP contribution in [-0.2, 0) is 6.18 Å². The van der Waals surface area contributed by atoms with E-state index in [0.29, 0.717) is 22.0 Å². The van der Waals surface area contributed by atoms with E-state index in [9.17, 15) is 17.6 Å². The summed E-state index contributed by atoms with van der Waals surface area (Å²) in [7, 11) is 0. The van der Waals surface area contributed by atoms with Gasteiger partial charge in [-0.05, 0) is 30.7 Å². The number of aromatic nitrogens is 2. The average molecular weight is 318 g/mol. The van der Waals surface area contributed by atoms with Gasteiger partial charge in [-0.1, -0.05) is 18.2 Å². The number of para-hydroxylation sites is 1. The highest BCUT2D eigenvalue weighted by Gasteiger charge is 2.37. The third kappa shape index (κ3) is 1.91. The van der Waals surface area contributed by atoms with Crippen LogP contribution in [0.2, 0.25) is 0 Å². The van der Waals surface area contributed by atoms with Crippen LogP contribution in [0.1, 0.15) is 11.3 Å². The van der Waals surface area contributed by atoms with Crippen molar-refractivity contribution in [2.24, 2.45) is 0 Å². The van der Waals surface area contributed by atoms with E-state index in [2.05, 4.69) is 4.98 Å². The summed E-state index contributed by atoms with van der Waals surface area (Å²) in [5.41, 5.74) is 0.515. The fraction of sp³-hybridized carbons (Fsp3) is 0.118. The molecule has 0 aliphatic heterocycles. The van der Waals surface area contributed by atoms with Crippen LogP contribution in [-0.4, -0.2) is 9.38 Å². The molecule has 0 atom stereocenters. The molecular weight excluding hydrogens is 308 g/mol. The van der Waals surface area contributed by atoms with Crippen LogP contribution in [0.3, 0.4) is 0 Å². The van der Waals surface area contributed by atoms with E-state index < -0.39 is 17.7 Å². The first-order valence-corrected chi connectivity index (χ1v) is 6.94. The number of benzene rings is 2. The molecule has 116 valence electrons. The summed E-state index contributed by atoms with van der Waals surface area (Å²) < 4.78 is 55.5. The maximum absolute atomic E-state index is 13.6. The highest BCUT2D eigenvalue weighted by Crippen LogP contribution is 2.38. The Bertz CT molecular complexity index is 1080. The third-order valence-corrected chi connectivity index (χ3v) is 4.03. The van der Waals surface area contributed by atoms with Crippen LogP contribution < -0.4 is 0 Å². The number of nitrogens with zero attached hydrogens (tertiary/aromatic N) is 2. The summed E-state index contributed by atoms with van der Waals surface area (Å²) in [5, 5.41) is 0.691. The highest BCUT2D eigenvalue weighted by molar-refractivity contribution is 5.97. The lowest BCUT2D eigenvalue weighted by Gasteiger charge is -2.12. The van der Waals surface area contributed by atoms with E-state index in [0.717, 1.165) is 6.07 Å². The molecule has 0 bridgehead atoms. The standard InChI is InChI=1S/C17H10F4N2/c1-9-11-4-2-3-5-13(11)23-14-8-10(18)6-7-12(14)22-16(15(9)23)17(19,20)21/h2-8H,1H3. The zero-order valence-corrected chi connectivity index (χ0v) is 11.9. The number of aryl methyl sites for hydroxylation is 1. The molecule has 0 N–H and O–H groups in total. The van der Waals surface area contributed by atoms with Crippen molar-refractivity contribution in [2.75, 3.05) is 0 Å². The minimum Gasteiger partial charge on any atom is -0.305 e. The zero-order chi connectivity index (χ0) is 16.4. The van der Waals surface area contributed by atoms with Gasteiger partial charge in [0.05, 0.1) is 22.1 Å². The summed E-state index contributed by atoms with van der Waals surface area (Å²) >= 11 is 0. The van der Waals surface area contributed by atoms with Crippen LogP contribution in [0.5, 0.6) is 0 Å². The topological polar surface area (TPSA) is 17.3 Å². The number of hydrogen-bond acceptors (Lipinski definition) is 1. The molecule has 0 amide bonds. The first-order valence-electron chi connectivity index (χ1n) is 6.94. The Hall–Kier alpha value is -2.63. The molecule has 0 fully saturated rings. The molecule has 2 aromatic heterocycles. The molecule has 2 aromatic carbocycles. The van der Waals surface area contributed by atoms with Crippen LogP contribution in [0.15, 0.2) is 42.5 Å². The molecule has 23 heavy (non-hydrogen) atoms. The Morgan fingerprint density at radius 2 is 1.74 bits per heavy atom. The maximum Gasteiger partial charge on any atom is 0.435 e. The van der Waals surface area contributed by atoms with Crippen LogP contribution in [0.25, 0.3) is 27.5 Å². The van der Waals surface area contributed by atoms with E-state index in [4.69, 9.17) is 0 Å². The van der Waals surface area contributed by atoms with Crippen LogP contribution >= 0.6 is 0 Å². The largest absolute Gasteiger partial charge is 0.435 e. The monoisotopic (exact) mass is 318 g/mol.